The third-order valence-electron chi connectivity index (χ3n) is 3.86. The van der Waals surface area contributed by atoms with Crippen LogP contribution in [0.4, 0.5) is 0 Å². The predicted molar refractivity (Wildman–Crippen MR) is 53.6 cm³/mol. The fraction of sp³-hybridized carbons (Fsp3) is 1.00. The van der Waals surface area contributed by atoms with Crippen molar-refractivity contribution in [2.24, 2.45) is 0 Å². The molecule has 2 saturated heterocycles. The average Bonchev–Trinajstić information content (AvgIpc) is 2.37. The zero-order chi connectivity index (χ0) is 9.42. The van der Waals surface area contributed by atoms with Crippen molar-refractivity contribution in [1.82, 2.24) is 4.90 Å². The maximum Gasteiger partial charge on any atom is 0.0570 e. The first-order chi connectivity index (χ1) is 6.22. The number of nitrogens with zero attached hydrogens (tertiary/aromatic N) is 1. The van der Waals surface area contributed by atoms with Crippen LogP contribution in [0.15, 0.2) is 0 Å². The van der Waals surface area contributed by atoms with E-state index >= 15 is 0 Å². The highest BCUT2D eigenvalue weighted by molar-refractivity contribution is 4.96. The molecule has 0 saturated carbocycles. The standard InChI is InChI=1S/C11H21NO/c1-3-8(2)12-9-4-5-10(12)7-11(13)6-9/h8-11,13H,3-7H2,1-2H3. The minimum atomic E-state index is -0.0159. The molecule has 2 aliphatic heterocycles. The Labute approximate surface area is 80.9 Å². The quantitative estimate of drug-likeness (QED) is 0.705. The maximum absolute atomic E-state index is 9.64. The van der Waals surface area contributed by atoms with E-state index in [4.69, 9.17) is 0 Å². The van der Waals surface area contributed by atoms with Crippen LogP contribution in [0.25, 0.3) is 0 Å². The van der Waals surface area contributed by atoms with Crippen molar-refractivity contribution in [2.75, 3.05) is 0 Å². The van der Waals surface area contributed by atoms with Crippen LogP contribution in [0, 0.1) is 0 Å². The molecular weight excluding hydrogens is 162 g/mol. The lowest BCUT2D eigenvalue weighted by Crippen LogP contribution is -2.48. The molecule has 0 aromatic heterocycles. The highest BCUT2D eigenvalue weighted by atomic mass is 16.3. The van der Waals surface area contributed by atoms with E-state index in [1.54, 1.807) is 0 Å². The molecule has 2 rings (SSSR count). The minimum Gasteiger partial charge on any atom is -0.393 e. The molecule has 2 aliphatic rings. The van der Waals surface area contributed by atoms with Gasteiger partial charge in [-0.1, -0.05) is 6.92 Å². The first-order valence-corrected chi connectivity index (χ1v) is 5.67. The summed E-state index contributed by atoms with van der Waals surface area (Å²) >= 11 is 0. The molecule has 0 aromatic rings. The second-order valence-electron chi connectivity index (χ2n) is 4.71. The van der Waals surface area contributed by atoms with Crippen LogP contribution in [-0.2, 0) is 0 Å². The summed E-state index contributed by atoms with van der Waals surface area (Å²) in [6.07, 6.45) is 5.88. The summed E-state index contributed by atoms with van der Waals surface area (Å²) in [6, 6.07) is 2.08. The molecule has 2 heteroatoms. The second-order valence-corrected chi connectivity index (χ2v) is 4.71. The maximum atomic E-state index is 9.64. The zero-order valence-corrected chi connectivity index (χ0v) is 8.74. The van der Waals surface area contributed by atoms with E-state index in [1.165, 1.54) is 19.3 Å². The molecule has 0 spiro atoms. The van der Waals surface area contributed by atoms with Gasteiger partial charge in [-0.25, -0.2) is 0 Å². The van der Waals surface area contributed by atoms with Gasteiger partial charge in [-0.3, -0.25) is 4.90 Å². The van der Waals surface area contributed by atoms with Gasteiger partial charge < -0.3 is 5.11 Å². The van der Waals surface area contributed by atoms with Gasteiger partial charge in [0.15, 0.2) is 0 Å². The Hall–Kier alpha value is -0.0800. The molecule has 1 N–H and O–H groups in total. The average molecular weight is 183 g/mol. The molecule has 2 fully saturated rings. The number of rotatable bonds is 2. The van der Waals surface area contributed by atoms with E-state index in [1.807, 2.05) is 0 Å². The number of piperidine rings is 1. The van der Waals surface area contributed by atoms with Crippen molar-refractivity contribution in [3.8, 4) is 0 Å². The third-order valence-corrected chi connectivity index (χ3v) is 3.86. The molecule has 2 bridgehead atoms. The first kappa shape index (κ1) is 9.47. The Balaban J connectivity index is 2.06. The van der Waals surface area contributed by atoms with Crippen LogP contribution in [0.3, 0.4) is 0 Å². The van der Waals surface area contributed by atoms with Crippen molar-refractivity contribution < 1.29 is 5.11 Å². The van der Waals surface area contributed by atoms with Crippen LogP contribution >= 0.6 is 0 Å². The lowest BCUT2D eigenvalue weighted by Gasteiger charge is -2.40. The summed E-state index contributed by atoms with van der Waals surface area (Å²) in [7, 11) is 0. The molecule has 3 unspecified atom stereocenters. The second kappa shape index (κ2) is 3.58. The summed E-state index contributed by atoms with van der Waals surface area (Å²) in [4.78, 5) is 2.66. The van der Waals surface area contributed by atoms with Gasteiger partial charge in [0.2, 0.25) is 0 Å². The molecular formula is C11H21NO. The Bertz CT molecular complexity index is 169. The summed E-state index contributed by atoms with van der Waals surface area (Å²) < 4.78 is 0. The van der Waals surface area contributed by atoms with Crippen LogP contribution in [0.1, 0.15) is 46.0 Å². The summed E-state index contributed by atoms with van der Waals surface area (Å²) in [5.41, 5.74) is 0. The molecule has 0 radical (unpaired) electrons. The molecule has 0 aliphatic carbocycles. The summed E-state index contributed by atoms with van der Waals surface area (Å²) in [5, 5.41) is 9.64. The zero-order valence-electron chi connectivity index (χ0n) is 8.74. The van der Waals surface area contributed by atoms with E-state index in [2.05, 4.69) is 18.7 Å². The molecule has 13 heavy (non-hydrogen) atoms. The Morgan fingerprint density at radius 3 is 2.31 bits per heavy atom. The van der Waals surface area contributed by atoms with Crippen molar-refractivity contribution in [1.29, 1.82) is 0 Å². The van der Waals surface area contributed by atoms with Crippen LogP contribution in [-0.4, -0.2) is 34.2 Å². The van der Waals surface area contributed by atoms with Crippen LogP contribution < -0.4 is 0 Å². The number of aliphatic hydroxyl groups is 1. The molecule has 76 valence electrons. The smallest absolute Gasteiger partial charge is 0.0570 e. The van der Waals surface area contributed by atoms with E-state index in [0.717, 1.165) is 12.8 Å². The highest BCUT2D eigenvalue weighted by Gasteiger charge is 2.41. The summed E-state index contributed by atoms with van der Waals surface area (Å²) in [6.45, 7) is 4.58. The molecule has 0 amide bonds. The Morgan fingerprint density at radius 2 is 1.85 bits per heavy atom. The van der Waals surface area contributed by atoms with Crippen LogP contribution in [0.5, 0.6) is 0 Å². The Morgan fingerprint density at radius 1 is 1.31 bits per heavy atom. The molecule has 2 heterocycles. The van der Waals surface area contributed by atoms with E-state index in [9.17, 15) is 5.11 Å². The number of aliphatic hydroxyl groups excluding tert-OH is 1. The normalized spacial score (nSPS) is 42.2. The van der Waals surface area contributed by atoms with Gasteiger partial charge in [0.05, 0.1) is 6.10 Å². The highest BCUT2D eigenvalue weighted by Crippen LogP contribution is 2.37. The molecule has 0 aromatic carbocycles. The minimum absolute atomic E-state index is 0.0159. The van der Waals surface area contributed by atoms with Gasteiger partial charge in [0.25, 0.3) is 0 Å². The van der Waals surface area contributed by atoms with Crippen molar-refractivity contribution in [3.63, 3.8) is 0 Å². The summed E-state index contributed by atoms with van der Waals surface area (Å²) in [5.74, 6) is 0. The fourth-order valence-corrected chi connectivity index (χ4v) is 3.12. The number of hydrogen-bond donors (Lipinski definition) is 1. The third kappa shape index (κ3) is 1.62. The van der Waals surface area contributed by atoms with E-state index in [-0.39, 0.29) is 6.10 Å². The van der Waals surface area contributed by atoms with E-state index < -0.39 is 0 Å². The van der Waals surface area contributed by atoms with Crippen molar-refractivity contribution in [2.45, 2.75) is 70.2 Å². The van der Waals surface area contributed by atoms with Gasteiger partial charge in [-0.15, -0.1) is 0 Å². The SMILES string of the molecule is CCC(C)N1C2CCC1CC(O)C2. The van der Waals surface area contributed by atoms with Gasteiger partial charge in [-0.05, 0) is 39.0 Å². The van der Waals surface area contributed by atoms with Gasteiger partial charge in [-0.2, -0.15) is 0 Å². The van der Waals surface area contributed by atoms with E-state index in [0.29, 0.717) is 18.1 Å². The monoisotopic (exact) mass is 183 g/mol. The van der Waals surface area contributed by atoms with Gasteiger partial charge in [0, 0.05) is 18.1 Å². The lowest BCUT2D eigenvalue weighted by molar-refractivity contribution is 0.0137. The largest absolute Gasteiger partial charge is 0.393 e. The first-order valence-electron chi connectivity index (χ1n) is 5.67. The van der Waals surface area contributed by atoms with Crippen molar-refractivity contribution >= 4 is 0 Å². The molecule has 3 atom stereocenters. The number of hydrogen-bond acceptors (Lipinski definition) is 2. The van der Waals surface area contributed by atoms with Gasteiger partial charge in [0.1, 0.15) is 0 Å². The predicted octanol–water partition coefficient (Wildman–Crippen LogP) is 1.77. The van der Waals surface area contributed by atoms with Crippen molar-refractivity contribution in [3.05, 3.63) is 0 Å². The Kier molecular flexibility index (Phi) is 2.61. The van der Waals surface area contributed by atoms with Crippen LogP contribution in [0.2, 0.25) is 0 Å². The fourth-order valence-electron chi connectivity index (χ4n) is 3.12. The topological polar surface area (TPSA) is 23.5 Å². The lowest BCUT2D eigenvalue weighted by atomic mass is 9.97. The number of fused-ring (bicyclic) bond motifs is 2. The molecule has 2 nitrogen and oxygen atoms in total. The van der Waals surface area contributed by atoms with Gasteiger partial charge >= 0.3 is 0 Å².